The lowest BCUT2D eigenvalue weighted by molar-refractivity contribution is 0.0607. The van der Waals surface area contributed by atoms with E-state index in [1.165, 1.54) is 18.4 Å². The Bertz CT molecular complexity index is 508. The maximum Gasteiger partial charge on any atom is 0.350 e. The number of anilines is 1. The highest BCUT2D eigenvalue weighted by atomic mass is 32.1. The van der Waals surface area contributed by atoms with Crippen molar-refractivity contribution in [3.63, 3.8) is 0 Å². The molecule has 0 bridgehead atoms. The highest BCUT2D eigenvalue weighted by Gasteiger charge is 2.15. The highest BCUT2D eigenvalue weighted by Crippen LogP contribution is 2.32. The van der Waals surface area contributed by atoms with Crippen LogP contribution in [-0.4, -0.2) is 18.1 Å². The quantitative estimate of drug-likeness (QED) is 0.809. The molecule has 2 aromatic heterocycles. The van der Waals surface area contributed by atoms with E-state index in [1.54, 1.807) is 12.3 Å². The summed E-state index contributed by atoms with van der Waals surface area (Å²) in [5.41, 5.74) is 6.97. The fourth-order valence-electron chi connectivity index (χ4n) is 1.29. The van der Waals surface area contributed by atoms with E-state index in [1.807, 2.05) is 18.2 Å². The van der Waals surface area contributed by atoms with Crippen molar-refractivity contribution in [1.29, 1.82) is 0 Å². The van der Waals surface area contributed by atoms with Crippen molar-refractivity contribution in [3.8, 4) is 10.6 Å². The van der Waals surface area contributed by atoms with Gasteiger partial charge in [0.1, 0.15) is 4.88 Å². The van der Waals surface area contributed by atoms with Crippen molar-refractivity contribution in [1.82, 2.24) is 4.98 Å². The van der Waals surface area contributed by atoms with Gasteiger partial charge in [-0.2, -0.15) is 0 Å². The Morgan fingerprint density at radius 3 is 2.94 bits per heavy atom. The third-order valence-corrected chi connectivity index (χ3v) is 3.20. The number of ether oxygens (including phenoxy) is 1. The number of hydrogen-bond donors (Lipinski definition) is 1. The molecular formula is C11H10N2O2S. The van der Waals surface area contributed by atoms with Gasteiger partial charge in [-0.15, -0.1) is 11.3 Å². The third kappa shape index (κ3) is 1.90. The summed E-state index contributed by atoms with van der Waals surface area (Å²) in [5.74, 6) is -0.412. The molecule has 0 saturated carbocycles. The summed E-state index contributed by atoms with van der Waals surface area (Å²) in [6.45, 7) is 0. The maximum absolute atomic E-state index is 11.4. The van der Waals surface area contributed by atoms with Gasteiger partial charge in [0.15, 0.2) is 0 Å². The van der Waals surface area contributed by atoms with Gasteiger partial charge >= 0.3 is 5.97 Å². The van der Waals surface area contributed by atoms with Crippen LogP contribution in [0.1, 0.15) is 9.67 Å². The fraction of sp³-hybridized carbons (Fsp3) is 0.0909. The Kier molecular flexibility index (Phi) is 2.87. The zero-order chi connectivity index (χ0) is 11.5. The second-order valence-corrected chi connectivity index (χ2v) is 4.15. The molecule has 2 N–H and O–H groups in total. The van der Waals surface area contributed by atoms with Crippen LogP contribution in [-0.2, 0) is 4.74 Å². The van der Waals surface area contributed by atoms with Crippen LogP contribution in [0.4, 0.5) is 5.69 Å². The van der Waals surface area contributed by atoms with Gasteiger partial charge in [0, 0.05) is 6.20 Å². The van der Waals surface area contributed by atoms with E-state index in [-0.39, 0.29) is 0 Å². The van der Waals surface area contributed by atoms with E-state index in [2.05, 4.69) is 9.72 Å². The maximum atomic E-state index is 11.4. The second kappa shape index (κ2) is 4.32. The van der Waals surface area contributed by atoms with Crippen LogP contribution in [0.3, 0.4) is 0 Å². The molecular weight excluding hydrogens is 224 g/mol. The molecule has 0 atom stereocenters. The molecule has 82 valence electrons. The number of thiophene rings is 1. The zero-order valence-electron chi connectivity index (χ0n) is 8.64. The molecule has 0 unspecified atom stereocenters. The molecule has 0 aromatic carbocycles. The number of esters is 1. The zero-order valence-corrected chi connectivity index (χ0v) is 9.45. The number of carbonyl (C=O) groups is 1. The second-order valence-electron chi connectivity index (χ2n) is 3.10. The average molecular weight is 234 g/mol. The predicted octanol–water partition coefficient (Wildman–Crippen LogP) is 2.18. The van der Waals surface area contributed by atoms with E-state index in [0.29, 0.717) is 10.6 Å². The molecule has 0 aliphatic carbocycles. The summed E-state index contributed by atoms with van der Waals surface area (Å²) in [7, 11) is 1.34. The number of aromatic nitrogens is 1. The molecule has 5 heteroatoms. The van der Waals surface area contributed by atoms with Gasteiger partial charge in [-0.1, -0.05) is 6.07 Å². The monoisotopic (exact) mass is 234 g/mol. The first-order valence-electron chi connectivity index (χ1n) is 4.61. The Morgan fingerprint density at radius 2 is 2.31 bits per heavy atom. The number of nitrogens with zero attached hydrogens (tertiary/aromatic N) is 1. The lowest BCUT2D eigenvalue weighted by Gasteiger charge is -1.95. The van der Waals surface area contributed by atoms with E-state index >= 15 is 0 Å². The average Bonchev–Trinajstić information content (AvgIpc) is 2.71. The van der Waals surface area contributed by atoms with Gasteiger partial charge in [0.05, 0.1) is 23.4 Å². The molecule has 0 aliphatic heterocycles. The van der Waals surface area contributed by atoms with E-state index in [9.17, 15) is 4.79 Å². The number of carbonyl (C=O) groups excluding carboxylic acids is 1. The number of methoxy groups -OCH3 is 1. The summed E-state index contributed by atoms with van der Waals surface area (Å²) >= 11 is 1.28. The van der Waals surface area contributed by atoms with Crippen LogP contribution < -0.4 is 5.73 Å². The molecule has 0 aliphatic rings. The molecule has 16 heavy (non-hydrogen) atoms. The fourth-order valence-corrected chi connectivity index (χ4v) is 2.27. The summed E-state index contributed by atoms with van der Waals surface area (Å²) < 4.78 is 4.64. The van der Waals surface area contributed by atoms with Crippen molar-refractivity contribution >= 4 is 23.0 Å². The number of rotatable bonds is 2. The summed E-state index contributed by atoms with van der Waals surface area (Å²) in [6, 6.07) is 7.32. The SMILES string of the molecule is COC(=O)c1sc(-c2ccccn2)cc1N. The highest BCUT2D eigenvalue weighted by molar-refractivity contribution is 7.17. The van der Waals surface area contributed by atoms with Crippen molar-refractivity contribution < 1.29 is 9.53 Å². The first kappa shape index (κ1) is 10.6. The Morgan fingerprint density at radius 1 is 1.50 bits per heavy atom. The molecule has 2 heterocycles. The minimum atomic E-state index is -0.412. The van der Waals surface area contributed by atoms with Gasteiger partial charge in [0.2, 0.25) is 0 Å². The van der Waals surface area contributed by atoms with Crippen LogP contribution in [0.25, 0.3) is 10.6 Å². The lowest BCUT2D eigenvalue weighted by atomic mass is 10.3. The minimum Gasteiger partial charge on any atom is -0.465 e. The first-order chi connectivity index (χ1) is 7.72. The normalized spacial score (nSPS) is 10.1. The summed E-state index contributed by atoms with van der Waals surface area (Å²) in [6.07, 6.45) is 1.70. The van der Waals surface area contributed by atoms with E-state index in [4.69, 9.17) is 5.73 Å². The van der Waals surface area contributed by atoms with Gasteiger partial charge in [-0.25, -0.2) is 4.79 Å². The molecule has 0 fully saturated rings. The van der Waals surface area contributed by atoms with Crippen LogP contribution >= 0.6 is 11.3 Å². The summed E-state index contributed by atoms with van der Waals surface area (Å²) in [4.78, 5) is 16.8. The molecule has 0 amide bonds. The van der Waals surface area contributed by atoms with Crippen molar-refractivity contribution in [3.05, 3.63) is 35.3 Å². The Balaban J connectivity index is 2.42. The van der Waals surface area contributed by atoms with Crippen molar-refractivity contribution in [2.45, 2.75) is 0 Å². The Labute approximate surface area is 96.7 Å². The number of nitrogen functional groups attached to an aromatic ring is 1. The van der Waals surface area contributed by atoms with Gasteiger partial charge < -0.3 is 10.5 Å². The van der Waals surface area contributed by atoms with Crippen LogP contribution in [0.15, 0.2) is 30.5 Å². The van der Waals surface area contributed by atoms with Crippen molar-refractivity contribution in [2.24, 2.45) is 0 Å². The van der Waals surface area contributed by atoms with Crippen LogP contribution in [0, 0.1) is 0 Å². The third-order valence-electron chi connectivity index (χ3n) is 2.05. The Hall–Kier alpha value is -1.88. The number of hydrogen-bond acceptors (Lipinski definition) is 5. The lowest BCUT2D eigenvalue weighted by Crippen LogP contribution is -2.00. The van der Waals surface area contributed by atoms with Gasteiger partial charge in [0.25, 0.3) is 0 Å². The van der Waals surface area contributed by atoms with E-state index in [0.717, 1.165) is 10.6 Å². The molecule has 4 nitrogen and oxygen atoms in total. The number of pyridine rings is 1. The molecule has 0 radical (unpaired) electrons. The summed E-state index contributed by atoms with van der Waals surface area (Å²) in [5, 5.41) is 0. The largest absolute Gasteiger partial charge is 0.465 e. The van der Waals surface area contributed by atoms with Gasteiger partial charge in [-0.3, -0.25) is 4.98 Å². The van der Waals surface area contributed by atoms with Crippen molar-refractivity contribution in [2.75, 3.05) is 12.8 Å². The number of nitrogens with two attached hydrogens (primary N) is 1. The van der Waals surface area contributed by atoms with Crippen LogP contribution in [0.5, 0.6) is 0 Å². The molecule has 2 rings (SSSR count). The van der Waals surface area contributed by atoms with Crippen LogP contribution in [0.2, 0.25) is 0 Å². The molecule has 2 aromatic rings. The smallest absolute Gasteiger partial charge is 0.350 e. The predicted molar refractivity (Wildman–Crippen MR) is 63.3 cm³/mol. The topological polar surface area (TPSA) is 65.2 Å². The minimum absolute atomic E-state index is 0.412. The molecule has 0 spiro atoms. The van der Waals surface area contributed by atoms with E-state index < -0.39 is 5.97 Å². The standard InChI is InChI=1S/C11H10N2O2S/c1-15-11(14)10-7(12)6-9(16-10)8-4-2-3-5-13-8/h2-6H,12H2,1H3. The first-order valence-corrected chi connectivity index (χ1v) is 5.43. The van der Waals surface area contributed by atoms with Gasteiger partial charge in [-0.05, 0) is 18.2 Å². The molecule has 0 saturated heterocycles.